The Balaban J connectivity index is 2.19. The highest BCUT2D eigenvalue weighted by Gasteiger charge is 2.28. The highest BCUT2D eigenvalue weighted by molar-refractivity contribution is 6.05. The van der Waals surface area contributed by atoms with Crippen molar-refractivity contribution in [3.8, 4) is 0 Å². The van der Waals surface area contributed by atoms with Gasteiger partial charge in [-0.2, -0.15) is 0 Å². The van der Waals surface area contributed by atoms with Crippen molar-refractivity contribution in [1.29, 1.82) is 0 Å². The number of methoxy groups -OCH3 is 2. The van der Waals surface area contributed by atoms with E-state index in [4.69, 9.17) is 14.5 Å². The average molecular weight is 411 g/mol. The van der Waals surface area contributed by atoms with Gasteiger partial charge in [-0.25, -0.2) is 14.6 Å². The summed E-state index contributed by atoms with van der Waals surface area (Å²) in [7, 11) is 2.52. The lowest BCUT2D eigenvalue weighted by atomic mass is 10.1. The zero-order chi connectivity index (χ0) is 21.8. The number of aromatic nitrogens is 2. The maximum Gasteiger partial charge on any atom is 0.355 e. The molecule has 1 aromatic carbocycles. The quantitative estimate of drug-likeness (QED) is 0.730. The van der Waals surface area contributed by atoms with E-state index in [2.05, 4.69) is 0 Å². The van der Waals surface area contributed by atoms with Crippen LogP contribution in [0.15, 0.2) is 53.9 Å². The van der Waals surface area contributed by atoms with Gasteiger partial charge in [0.25, 0.3) is 0 Å². The van der Waals surface area contributed by atoms with Crippen LogP contribution in [-0.4, -0.2) is 47.4 Å². The summed E-state index contributed by atoms with van der Waals surface area (Å²) < 4.78 is 11.8. The Morgan fingerprint density at radius 2 is 1.87 bits per heavy atom. The van der Waals surface area contributed by atoms with Gasteiger partial charge in [-0.3, -0.25) is 0 Å². The first-order chi connectivity index (χ1) is 14.4. The molecule has 8 nitrogen and oxygen atoms in total. The van der Waals surface area contributed by atoms with E-state index in [1.807, 2.05) is 36.6 Å². The van der Waals surface area contributed by atoms with E-state index in [1.54, 1.807) is 23.3 Å². The number of esters is 2. The van der Waals surface area contributed by atoms with Crippen molar-refractivity contribution in [3.05, 3.63) is 59.7 Å². The second-order valence-electron chi connectivity index (χ2n) is 6.99. The molecule has 0 radical (unpaired) electrons. The number of benzene rings is 1. The molecule has 8 heteroatoms. The number of hydrogen-bond acceptors (Lipinski definition) is 7. The molecule has 0 bridgehead atoms. The molecule has 2 heterocycles. The van der Waals surface area contributed by atoms with Gasteiger partial charge in [0.2, 0.25) is 0 Å². The van der Waals surface area contributed by atoms with Crippen molar-refractivity contribution in [2.24, 2.45) is 0 Å². The lowest BCUT2D eigenvalue weighted by Crippen LogP contribution is -2.26. The van der Waals surface area contributed by atoms with E-state index < -0.39 is 11.9 Å². The van der Waals surface area contributed by atoms with Crippen LogP contribution in [0.3, 0.4) is 0 Å². The van der Waals surface area contributed by atoms with Crippen LogP contribution in [0.4, 0.5) is 5.69 Å². The molecule has 0 fully saturated rings. The normalized spacial score (nSPS) is 13.9. The third-order valence-corrected chi connectivity index (χ3v) is 4.77. The zero-order valence-electron chi connectivity index (χ0n) is 17.5. The summed E-state index contributed by atoms with van der Waals surface area (Å²) in [6.07, 6.45) is 6.56. The minimum atomic E-state index is -0.666. The Kier molecular flexibility index (Phi) is 6.37. The first kappa shape index (κ1) is 21.3. The van der Waals surface area contributed by atoms with Crippen LogP contribution < -0.4 is 4.90 Å². The van der Waals surface area contributed by atoms with Crippen LogP contribution in [0.5, 0.6) is 0 Å². The van der Waals surface area contributed by atoms with Gasteiger partial charge < -0.3 is 24.0 Å². The highest BCUT2D eigenvalue weighted by Crippen LogP contribution is 2.30. The molecule has 3 rings (SSSR count). The third kappa shape index (κ3) is 3.86. The first-order valence-electron chi connectivity index (χ1n) is 9.59. The minimum absolute atomic E-state index is 0.00514. The van der Waals surface area contributed by atoms with Gasteiger partial charge >= 0.3 is 11.9 Å². The van der Waals surface area contributed by atoms with E-state index in [0.29, 0.717) is 12.2 Å². The van der Waals surface area contributed by atoms with Crippen molar-refractivity contribution in [3.63, 3.8) is 0 Å². The summed E-state index contributed by atoms with van der Waals surface area (Å²) in [5.41, 5.74) is 2.37. The Morgan fingerprint density at radius 1 is 1.13 bits per heavy atom. The largest absolute Gasteiger partial charge is 0.465 e. The summed E-state index contributed by atoms with van der Waals surface area (Å²) in [5, 5.41) is 9.45. The monoisotopic (exact) mass is 411 g/mol. The predicted octanol–water partition coefficient (Wildman–Crippen LogP) is 2.64. The van der Waals surface area contributed by atoms with Crippen molar-refractivity contribution in [2.75, 3.05) is 25.7 Å². The van der Waals surface area contributed by atoms with E-state index >= 15 is 0 Å². The van der Waals surface area contributed by atoms with E-state index in [9.17, 15) is 14.7 Å². The Labute approximate surface area is 174 Å². The second kappa shape index (κ2) is 8.96. The van der Waals surface area contributed by atoms with Crippen LogP contribution in [-0.2, 0) is 25.6 Å². The number of fused-ring (bicyclic) bond motifs is 1. The van der Waals surface area contributed by atoms with Gasteiger partial charge in [-0.15, -0.1) is 0 Å². The fraction of sp³-hybridized carbons (Fsp3) is 0.318. The number of aliphatic hydroxyl groups is 1. The van der Waals surface area contributed by atoms with Crippen LogP contribution in [0.1, 0.15) is 25.6 Å². The zero-order valence-corrected chi connectivity index (χ0v) is 17.5. The molecule has 0 spiro atoms. The summed E-state index contributed by atoms with van der Waals surface area (Å²) >= 11 is 0. The van der Waals surface area contributed by atoms with Gasteiger partial charge in [0, 0.05) is 24.4 Å². The van der Waals surface area contributed by atoms with Crippen LogP contribution in [0.2, 0.25) is 0 Å². The lowest BCUT2D eigenvalue weighted by Gasteiger charge is -2.23. The van der Waals surface area contributed by atoms with Gasteiger partial charge in [-0.05, 0) is 30.4 Å². The minimum Gasteiger partial charge on any atom is -0.465 e. The lowest BCUT2D eigenvalue weighted by molar-refractivity contribution is -0.139. The molecular weight excluding hydrogens is 386 g/mol. The second-order valence-corrected chi connectivity index (χ2v) is 6.99. The molecule has 0 amide bonds. The molecule has 30 heavy (non-hydrogen) atoms. The molecule has 1 N–H and O–H groups in total. The number of rotatable bonds is 6. The van der Waals surface area contributed by atoms with Gasteiger partial charge in [0.1, 0.15) is 11.5 Å². The van der Waals surface area contributed by atoms with Crippen LogP contribution in [0.25, 0.3) is 11.0 Å². The number of hydrogen-bond donors (Lipinski definition) is 1. The summed E-state index contributed by atoms with van der Waals surface area (Å²) in [6, 6.07) is 5.55. The summed E-state index contributed by atoms with van der Waals surface area (Å²) in [4.78, 5) is 31.2. The summed E-state index contributed by atoms with van der Waals surface area (Å²) in [5.74, 6) is -0.273. The fourth-order valence-corrected chi connectivity index (χ4v) is 3.43. The van der Waals surface area contributed by atoms with Gasteiger partial charge in [0.05, 0.1) is 37.4 Å². The SMILES string of the molecule is COC(=O)C1=C(C(=O)OC)N(c2ccc3c(c2)nc(C(C)C)n3CCO)C=CC=C1. The number of ether oxygens (including phenoxy) is 2. The number of aliphatic hydroxyl groups excluding tert-OH is 1. The molecule has 0 saturated carbocycles. The maximum atomic E-state index is 12.6. The highest BCUT2D eigenvalue weighted by atomic mass is 16.5. The van der Waals surface area contributed by atoms with Crippen molar-refractivity contribution in [1.82, 2.24) is 9.55 Å². The molecule has 158 valence electrons. The number of nitrogens with zero attached hydrogens (tertiary/aromatic N) is 3. The molecular formula is C22H25N3O5. The van der Waals surface area contributed by atoms with Crippen molar-refractivity contribution < 1.29 is 24.2 Å². The fourth-order valence-electron chi connectivity index (χ4n) is 3.43. The standard InChI is InChI=1S/C22H25N3O5/c1-14(2)20-23-17-13-15(8-9-18(17)25(20)11-12-26)24-10-6-5-7-16(21(27)29-3)19(24)22(28)30-4/h5-10,13-14,26H,11-12H2,1-4H3. The molecule has 2 aromatic rings. The number of anilines is 1. The summed E-state index contributed by atoms with van der Waals surface area (Å²) in [6.45, 7) is 4.53. The molecule has 0 aliphatic carbocycles. The molecule has 0 unspecified atom stereocenters. The third-order valence-electron chi connectivity index (χ3n) is 4.77. The maximum absolute atomic E-state index is 12.6. The number of carbonyl (C=O) groups excluding carboxylic acids is 2. The Hall–Kier alpha value is -3.39. The number of carbonyl (C=O) groups is 2. The average Bonchev–Trinajstić information content (AvgIpc) is 2.96. The van der Waals surface area contributed by atoms with Gasteiger partial charge in [0.15, 0.2) is 0 Å². The molecule has 1 aliphatic rings. The first-order valence-corrected chi connectivity index (χ1v) is 9.59. The molecule has 0 atom stereocenters. The van der Waals surface area contributed by atoms with Gasteiger partial charge in [-0.1, -0.05) is 19.9 Å². The van der Waals surface area contributed by atoms with Crippen LogP contribution >= 0.6 is 0 Å². The topological polar surface area (TPSA) is 93.9 Å². The number of allylic oxidation sites excluding steroid dienone is 2. The predicted molar refractivity (Wildman–Crippen MR) is 113 cm³/mol. The van der Waals surface area contributed by atoms with E-state index in [0.717, 1.165) is 16.9 Å². The van der Waals surface area contributed by atoms with E-state index in [-0.39, 0.29) is 23.8 Å². The van der Waals surface area contributed by atoms with E-state index in [1.165, 1.54) is 20.3 Å². The van der Waals surface area contributed by atoms with Crippen molar-refractivity contribution >= 4 is 28.7 Å². The molecule has 1 aliphatic heterocycles. The van der Waals surface area contributed by atoms with Crippen molar-refractivity contribution in [2.45, 2.75) is 26.3 Å². The van der Waals surface area contributed by atoms with Crippen LogP contribution in [0, 0.1) is 0 Å². The molecule has 1 aromatic heterocycles. The molecule has 0 saturated heterocycles. The Bertz CT molecular complexity index is 1060. The Morgan fingerprint density at radius 3 is 2.50 bits per heavy atom. The number of imidazole rings is 1. The smallest absolute Gasteiger partial charge is 0.355 e.